The molecule has 0 unspecified atom stereocenters. The Morgan fingerprint density at radius 2 is 1.60 bits per heavy atom. The summed E-state index contributed by atoms with van der Waals surface area (Å²) in [6.07, 6.45) is 0. The zero-order chi connectivity index (χ0) is 20.8. The topological polar surface area (TPSA) is 86.5 Å². The molecule has 0 atom stereocenters. The highest BCUT2D eigenvalue weighted by molar-refractivity contribution is 5.92. The maximum Gasteiger partial charge on any atom is 0.262 e. The third-order valence-electron chi connectivity index (χ3n) is 4.30. The van der Waals surface area contributed by atoms with Crippen molar-refractivity contribution in [2.24, 2.45) is 0 Å². The van der Waals surface area contributed by atoms with E-state index in [0.717, 1.165) is 16.9 Å². The quantitative estimate of drug-likeness (QED) is 0.493. The number of amides is 1. The summed E-state index contributed by atoms with van der Waals surface area (Å²) in [5.74, 6) is 1.99. The lowest BCUT2D eigenvalue weighted by molar-refractivity contribution is -0.118. The van der Waals surface area contributed by atoms with Gasteiger partial charge in [0, 0.05) is 16.8 Å². The number of hydrogen-bond acceptors (Lipinski definition) is 6. The highest BCUT2D eigenvalue weighted by atomic mass is 16.5. The van der Waals surface area contributed by atoms with Crippen molar-refractivity contribution >= 4 is 11.6 Å². The van der Waals surface area contributed by atoms with E-state index < -0.39 is 0 Å². The minimum absolute atomic E-state index is 0.0990. The van der Waals surface area contributed by atoms with Crippen molar-refractivity contribution in [2.75, 3.05) is 19.0 Å². The highest BCUT2D eigenvalue weighted by Crippen LogP contribution is 2.23. The van der Waals surface area contributed by atoms with Gasteiger partial charge < -0.3 is 19.3 Å². The van der Waals surface area contributed by atoms with Crippen molar-refractivity contribution < 1.29 is 18.8 Å². The molecule has 7 heteroatoms. The number of anilines is 1. The molecular weight excluding hydrogens is 382 g/mol. The number of benzene rings is 3. The SMILES string of the molecule is COc1ccc(OCC(=O)Nc2ccc(-c3nc(-c4ccccc4)no3)cc2)cc1. The van der Waals surface area contributed by atoms with Crippen molar-refractivity contribution in [1.29, 1.82) is 0 Å². The summed E-state index contributed by atoms with van der Waals surface area (Å²) in [4.78, 5) is 16.5. The Hall–Kier alpha value is -4.13. The van der Waals surface area contributed by atoms with E-state index in [-0.39, 0.29) is 12.5 Å². The minimum Gasteiger partial charge on any atom is -0.497 e. The van der Waals surface area contributed by atoms with Crippen LogP contribution in [-0.2, 0) is 4.79 Å². The molecule has 0 spiro atoms. The van der Waals surface area contributed by atoms with Gasteiger partial charge in [0.05, 0.1) is 7.11 Å². The molecule has 0 aliphatic heterocycles. The summed E-state index contributed by atoms with van der Waals surface area (Å²) < 4.78 is 15.9. The zero-order valence-corrected chi connectivity index (χ0v) is 16.2. The molecule has 0 fully saturated rings. The predicted octanol–water partition coefficient (Wildman–Crippen LogP) is 4.43. The second kappa shape index (κ2) is 8.91. The van der Waals surface area contributed by atoms with Crippen LogP contribution in [0.25, 0.3) is 22.8 Å². The number of carbonyl (C=O) groups excluding carboxylic acids is 1. The maximum atomic E-state index is 12.1. The summed E-state index contributed by atoms with van der Waals surface area (Å²) in [6.45, 7) is -0.0990. The lowest BCUT2D eigenvalue weighted by Gasteiger charge is -2.08. The van der Waals surface area contributed by atoms with Crippen molar-refractivity contribution in [1.82, 2.24) is 10.1 Å². The number of nitrogens with zero attached hydrogens (tertiary/aromatic N) is 2. The first-order chi connectivity index (χ1) is 14.7. The molecule has 150 valence electrons. The average molecular weight is 401 g/mol. The van der Waals surface area contributed by atoms with E-state index in [0.29, 0.717) is 23.2 Å². The van der Waals surface area contributed by atoms with Crippen LogP contribution in [0.4, 0.5) is 5.69 Å². The van der Waals surface area contributed by atoms with Gasteiger partial charge in [0.25, 0.3) is 11.8 Å². The van der Waals surface area contributed by atoms with Gasteiger partial charge in [-0.05, 0) is 48.5 Å². The molecule has 0 aliphatic rings. The van der Waals surface area contributed by atoms with Gasteiger partial charge >= 0.3 is 0 Å². The number of rotatable bonds is 7. The van der Waals surface area contributed by atoms with Gasteiger partial charge in [0.15, 0.2) is 6.61 Å². The molecule has 1 N–H and O–H groups in total. The van der Waals surface area contributed by atoms with Gasteiger partial charge in [-0.2, -0.15) is 4.98 Å². The normalized spacial score (nSPS) is 10.4. The fourth-order valence-corrected chi connectivity index (χ4v) is 2.76. The molecule has 30 heavy (non-hydrogen) atoms. The van der Waals surface area contributed by atoms with Gasteiger partial charge in [0.2, 0.25) is 5.82 Å². The fraction of sp³-hybridized carbons (Fsp3) is 0.0870. The van der Waals surface area contributed by atoms with E-state index in [1.54, 1.807) is 43.5 Å². The monoisotopic (exact) mass is 401 g/mol. The Labute approximate surface area is 173 Å². The van der Waals surface area contributed by atoms with Crippen LogP contribution in [0.5, 0.6) is 11.5 Å². The number of methoxy groups -OCH3 is 1. The Morgan fingerprint density at radius 1 is 0.900 bits per heavy atom. The van der Waals surface area contributed by atoms with Crippen LogP contribution in [-0.4, -0.2) is 29.8 Å². The van der Waals surface area contributed by atoms with Crippen LogP contribution in [0.15, 0.2) is 83.4 Å². The summed E-state index contributed by atoms with van der Waals surface area (Å²) in [6, 6.07) is 23.8. The lowest BCUT2D eigenvalue weighted by Crippen LogP contribution is -2.20. The third kappa shape index (κ3) is 4.64. The number of aromatic nitrogens is 2. The van der Waals surface area contributed by atoms with Crippen molar-refractivity contribution in [3.8, 4) is 34.3 Å². The van der Waals surface area contributed by atoms with Crippen LogP contribution in [0.1, 0.15) is 0 Å². The molecule has 1 heterocycles. The van der Waals surface area contributed by atoms with Crippen molar-refractivity contribution in [2.45, 2.75) is 0 Å². The van der Waals surface area contributed by atoms with E-state index in [1.165, 1.54) is 0 Å². The molecule has 0 bridgehead atoms. The van der Waals surface area contributed by atoms with E-state index in [9.17, 15) is 4.79 Å². The first kappa shape index (κ1) is 19.2. The molecular formula is C23H19N3O4. The average Bonchev–Trinajstić information content (AvgIpc) is 3.29. The summed E-state index contributed by atoms with van der Waals surface area (Å²) in [7, 11) is 1.59. The van der Waals surface area contributed by atoms with E-state index >= 15 is 0 Å². The zero-order valence-electron chi connectivity index (χ0n) is 16.2. The molecule has 7 nitrogen and oxygen atoms in total. The number of hydrogen-bond donors (Lipinski definition) is 1. The van der Waals surface area contributed by atoms with Crippen LogP contribution in [0, 0.1) is 0 Å². The van der Waals surface area contributed by atoms with Crippen LogP contribution in [0.2, 0.25) is 0 Å². The number of carbonyl (C=O) groups is 1. The second-order valence-corrected chi connectivity index (χ2v) is 6.38. The Kier molecular flexibility index (Phi) is 5.70. The van der Waals surface area contributed by atoms with Crippen LogP contribution >= 0.6 is 0 Å². The molecule has 4 aromatic rings. The Morgan fingerprint density at radius 3 is 2.30 bits per heavy atom. The largest absolute Gasteiger partial charge is 0.497 e. The van der Waals surface area contributed by atoms with Gasteiger partial charge in [-0.3, -0.25) is 4.79 Å². The standard InChI is InChI=1S/C23H19N3O4/c1-28-19-11-13-20(14-12-19)29-15-21(27)24-18-9-7-17(8-10-18)23-25-22(26-30-23)16-5-3-2-4-6-16/h2-14H,15H2,1H3,(H,24,27). The van der Waals surface area contributed by atoms with Gasteiger partial charge in [0.1, 0.15) is 11.5 Å². The van der Waals surface area contributed by atoms with Gasteiger partial charge in [-0.15, -0.1) is 0 Å². The molecule has 1 amide bonds. The molecule has 4 rings (SSSR count). The van der Waals surface area contributed by atoms with Crippen molar-refractivity contribution in [3.63, 3.8) is 0 Å². The number of ether oxygens (including phenoxy) is 2. The Bertz CT molecular complexity index is 1110. The summed E-state index contributed by atoms with van der Waals surface area (Å²) >= 11 is 0. The highest BCUT2D eigenvalue weighted by Gasteiger charge is 2.11. The molecule has 3 aromatic carbocycles. The minimum atomic E-state index is -0.261. The maximum absolute atomic E-state index is 12.1. The molecule has 0 radical (unpaired) electrons. The van der Waals surface area contributed by atoms with Crippen molar-refractivity contribution in [3.05, 3.63) is 78.9 Å². The van der Waals surface area contributed by atoms with E-state index in [4.69, 9.17) is 14.0 Å². The first-order valence-corrected chi connectivity index (χ1v) is 9.27. The second-order valence-electron chi connectivity index (χ2n) is 6.38. The predicted molar refractivity (Wildman–Crippen MR) is 112 cm³/mol. The summed E-state index contributed by atoms with van der Waals surface area (Å²) in [5, 5.41) is 6.81. The third-order valence-corrected chi connectivity index (χ3v) is 4.30. The molecule has 1 aromatic heterocycles. The molecule has 0 saturated carbocycles. The van der Waals surface area contributed by atoms with Crippen LogP contribution < -0.4 is 14.8 Å². The molecule has 0 saturated heterocycles. The van der Waals surface area contributed by atoms with Crippen LogP contribution in [0.3, 0.4) is 0 Å². The van der Waals surface area contributed by atoms with E-state index in [1.807, 2.05) is 42.5 Å². The first-order valence-electron chi connectivity index (χ1n) is 9.27. The number of nitrogens with one attached hydrogen (secondary N) is 1. The van der Waals surface area contributed by atoms with E-state index in [2.05, 4.69) is 15.5 Å². The molecule has 0 aliphatic carbocycles. The summed E-state index contributed by atoms with van der Waals surface area (Å²) in [5.41, 5.74) is 2.29. The fourth-order valence-electron chi connectivity index (χ4n) is 2.76. The van der Waals surface area contributed by atoms with Gasteiger partial charge in [-0.1, -0.05) is 35.5 Å². The Balaban J connectivity index is 1.34. The lowest BCUT2D eigenvalue weighted by atomic mass is 10.2. The van der Waals surface area contributed by atoms with Gasteiger partial charge in [-0.25, -0.2) is 0 Å². The smallest absolute Gasteiger partial charge is 0.262 e.